The van der Waals surface area contributed by atoms with Crippen LogP contribution in [-0.4, -0.2) is 29.5 Å². The normalized spacial score (nSPS) is 12.5. The first-order chi connectivity index (χ1) is 17.9. The summed E-state index contributed by atoms with van der Waals surface area (Å²) < 4.78 is 0. The zero-order chi connectivity index (χ0) is 26.2. The predicted octanol–water partition coefficient (Wildman–Crippen LogP) is 5.14. The summed E-state index contributed by atoms with van der Waals surface area (Å²) in [6.45, 7) is 1.97. The fourth-order valence-corrected chi connectivity index (χ4v) is 4.60. The van der Waals surface area contributed by atoms with Crippen molar-refractivity contribution in [3.05, 3.63) is 131 Å². The summed E-state index contributed by atoms with van der Waals surface area (Å²) in [5.41, 5.74) is 12.3. The maximum atomic E-state index is 13.3. The van der Waals surface area contributed by atoms with E-state index in [1.165, 1.54) is 5.56 Å². The molecule has 37 heavy (non-hydrogen) atoms. The summed E-state index contributed by atoms with van der Waals surface area (Å²) in [7, 11) is 0. The Hall–Kier alpha value is -4.22. The van der Waals surface area contributed by atoms with Crippen molar-refractivity contribution in [3.8, 4) is 11.1 Å². The lowest BCUT2D eigenvalue weighted by Crippen LogP contribution is -2.44. The first kappa shape index (κ1) is 25.9. The molecule has 0 radical (unpaired) electrons. The number of aliphatic hydroxyl groups is 1. The molecule has 1 amide bonds. The first-order valence-electron chi connectivity index (χ1n) is 12.5. The predicted molar refractivity (Wildman–Crippen MR) is 150 cm³/mol. The van der Waals surface area contributed by atoms with Gasteiger partial charge in [0.25, 0.3) is 5.91 Å². The highest BCUT2D eigenvalue weighted by Gasteiger charge is 2.24. The van der Waals surface area contributed by atoms with E-state index in [-0.39, 0.29) is 30.3 Å². The van der Waals surface area contributed by atoms with Crippen LogP contribution in [0.15, 0.2) is 103 Å². The second-order valence-corrected chi connectivity index (χ2v) is 9.48. The Labute approximate surface area is 218 Å². The molecule has 0 aliphatic rings. The van der Waals surface area contributed by atoms with Crippen molar-refractivity contribution < 1.29 is 9.90 Å². The number of carbonyl (C=O) groups is 1. The van der Waals surface area contributed by atoms with Crippen molar-refractivity contribution in [2.45, 2.75) is 25.8 Å². The number of nitrogens with two attached hydrogens (primary N) is 1. The van der Waals surface area contributed by atoms with Crippen molar-refractivity contribution in [3.63, 3.8) is 0 Å². The first-order valence-corrected chi connectivity index (χ1v) is 12.5. The minimum absolute atomic E-state index is 0.00523. The number of rotatable bonds is 10. The van der Waals surface area contributed by atoms with Crippen LogP contribution in [0.25, 0.3) is 11.1 Å². The van der Waals surface area contributed by atoms with Gasteiger partial charge >= 0.3 is 0 Å². The molecular formula is C32H33N3O2. The third-order valence-corrected chi connectivity index (χ3v) is 6.65. The summed E-state index contributed by atoms with van der Waals surface area (Å²) in [6, 6.07) is 33.1. The van der Waals surface area contributed by atoms with Crippen molar-refractivity contribution >= 4 is 11.7 Å². The molecule has 0 saturated heterocycles. The average Bonchev–Trinajstić information content (AvgIpc) is 2.92. The van der Waals surface area contributed by atoms with Gasteiger partial charge in [-0.05, 0) is 60.2 Å². The van der Waals surface area contributed by atoms with E-state index < -0.39 is 0 Å². The van der Waals surface area contributed by atoms with Gasteiger partial charge in [-0.2, -0.15) is 0 Å². The molecular weight excluding hydrogens is 458 g/mol. The van der Waals surface area contributed by atoms with Crippen molar-refractivity contribution in [2.75, 3.05) is 6.61 Å². The Kier molecular flexibility index (Phi) is 8.49. The molecule has 2 atom stereocenters. The second kappa shape index (κ2) is 12.2. The molecule has 0 spiro atoms. The molecule has 5 heteroatoms. The van der Waals surface area contributed by atoms with Crippen LogP contribution in [0.1, 0.15) is 32.6 Å². The van der Waals surface area contributed by atoms with Gasteiger partial charge in [-0.25, -0.2) is 0 Å². The number of carbonyl (C=O) groups excluding carboxylic acids is 1. The van der Waals surface area contributed by atoms with Gasteiger partial charge in [0.1, 0.15) is 5.84 Å². The van der Waals surface area contributed by atoms with E-state index in [2.05, 4.69) is 30.4 Å². The lowest BCUT2D eigenvalue weighted by Gasteiger charge is -2.27. The Balaban J connectivity index is 1.55. The quantitative estimate of drug-likeness (QED) is 0.183. The molecule has 0 heterocycles. The van der Waals surface area contributed by atoms with Crippen molar-refractivity contribution in [2.24, 2.45) is 11.7 Å². The Bertz CT molecular complexity index is 1350. The summed E-state index contributed by atoms with van der Waals surface area (Å²) >= 11 is 0. The van der Waals surface area contributed by atoms with Gasteiger partial charge in [0, 0.05) is 29.7 Å². The van der Waals surface area contributed by atoms with Crippen molar-refractivity contribution in [1.29, 1.82) is 5.41 Å². The van der Waals surface area contributed by atoms with Crippen LogP contribution in [0.4, 0.5) is 0 Å². The van der Waals surface area contributed by atoms with Crippen LogP contribution < -0.4 is 11.1 Å². The minimum atomic E-state index is -0.294. The number of amidine groups is 1. The van der Waals surface area contributed by atoms with E-state index in [4.69, 9.17) is 11.1 Å². The number of nitrogens with one attached hydrogen (secondary N) is 2. The lowest BCUT2D eigenvalue weighted by molar-refractivity contribution is 0.0903. The van der Waals surface area contributed by atoms with Crippen LogP contribution in [0.5, 0.6) is 0 Å². The molecule has 4 aromatic carbocycles. The third kappa shape index (κ3) is 6.93. The molecule has 4 aromatic rings. The zero-order valence-electron chi connectivity index (χ0n) is 21.0. The van der Waals surface area contributed by atoms with Crippen LogP contribution in [0.2, 0.25) is 0 Å². The maximum absolute atomic E-state index is 13.3. The SMILES string of the molecule is Cc1cccc(-c2ccc(C(=O)NC(Cc3ccccc3)C(CO)Cc3cccc(C(=N)N)c3)cc2)c1. The fraction of sp³-hybridized carbons (Fsp3) is 0.188. The zero-order valence-corrected chi connectivity index (χ0v) is 21.0. The highest BCUT2D eigenvalue weighted by molar-refractivity contribution is 5.95. The Morgan fingerprint density at radius 2 is 1.51 bits per heavy atom. The molecule has 2 unspecified atom stereocenters. The molecule has 0 aliphatic heterocycles. The van der Waals surface area contributed by atoms with Gasteiger partial charge in [-0.15, -0.1) is 0 Å². The van der Waals surface area contributed by atoms with Crippen molar-refractivity contribution in [1.82, 2.24) is 5.32 Å². The molecule has 5 N–H and O–H groups in total. The number of aryl methyl sites for hydroxylation is 1. The average molecular weight is 492 g/mol. The monoisotopic (exact) mass is 491 g/mol. The highest BCUT2D eigenvalue weighted by Crippen LogP contribution is 2.22. The molecule has 0 aromatic heterocycles. The van der Waals surface area contributed by atoms with Crippen LogP contribution >= 0.6 is 0 Å². The Morgan fingerprint density at radius 1 is 0.811 bits per heavy atom. The van der Waals surface area contributed by atoms with Gasteiger partial charge in [0.15, 0.2) is 0 Å². The topological polar surface area (TPSA) is 99.2 Å². The highest BCUT2D eigenvalue weighted by atomic mass is 16.3. The summed E-state index contributed by atoms with van der Waals surface area (Å²) in [4.78, 5) is 13.3. The molecule has 0 bridgehead atoms. The number of nitrogen functional groups attached to an aromatic ring is 1. The maximum Gasteiger partial charge on any atom is 0.251 e. The number of hydrogen-bond donors (Lipinski definition) is 4. The van der Waals surface area contributed by atoms with E-state index >= 15 is 0 Å². The van der Waals surface area contributed by atoms with Gasteiger partial charge in [-0.1, -0.05) is 90.5 Å². The summed E-state index contributed by atoms with van der Waals surface area (Å²) in [5.74, 6) is -0.392. The van der Waals surface area contributed by atoms with E-state index in [1.54, 1.807) is 6.07 Å². The minimum Gasteiger partial charge on any atom is -0.396 e. The fourth-order valence-electron chi connectivity index (χ4n) is 4.60. The molecule has 4 rings (SSSR count). The van der Waals surface area contributed by atoms with E-state index in [0.29, 0.717) is 24.0 Å². The van der Waals surface area contributed by atoms with E-state index in [9.17, 15) is 9.90 Å². The van der Waals surface area contributed by atoms with E-state index in [1.807, 2.05) is 78.9 Å². The van der Waals surface area contributed by atoms with Gasteiger partial charge < -0.3 is 16.2 Å². The van der Waals surface area contributed by atoms with Gasteiger partial charge in [-0.3, -0.25) is 10.2 Å². The summed E-state index contributed by atoms with van der Waals surface area (Å²) in [5, 5.41) is 21.3. The van der Waals surface area contributed by atoms with Crippen LogP contribution in [0, 0.1) is 18.3 Å². The number of hydrogen-bond acceptors (Lipinski definition) is 3. The Morgan fingerprint density at radius 3 is 2.19 bits per heavy atom. The lowest BCUT2D eigenvalue weighted by atomic mass is 9.88. The van der Waals surface area contributed by atoms with Crippen LogP contribution in [-0.2, 0) is 12.8 Å². The molecule has 5 nitrogen and oxygen atoms in total. The largest absolute Gasteiger partial charge is 0.396 e. The smallest absolute Gasteiger partial charge is 0.251 e. The van der Waals surface area contributed by atoms with Gasteiger partial charge in [0.05, 0.1) is 0 Å². The molecule has 0 aliphatic carbocycles. The van der Waals surface area contributed by atoms with Crippen LogP contribution in [0.3, 0.4) is 0 Å². The molecule has 0 fully saturated rings. The second-order valence-electron chi connectivity index (χ2n) is 9.48. The standard InChI is InChI=1S/C32H33N3O2/c1-22-7-5-11-27(17-22)25-13-15-26(16-14-25)32(37)35-30(20-23-8-3-2-4-9-23)29(21-36)19-24-10-6-12-28(18-24)31(33)34/h2-18,29-30,36H,19-21H2,1H3,(H3,33,34)(H,35,37). The third-order valence-electron chi connectivity index (χ3n) is 6.65. The number of amides is 1. The van der Waals surface area contributed by atoms with Gasteiger partial charge in [0.2, 0.25) is 0 Å². The molecule has 0 saturated carbocycles. The summed E-state index contributed by atoms with van der Waals surface area (Å²) in [6.07, 6.45) is 1.13. The van der Waals surface area contributed by atoms with E-state index in [0.717, 1.165) is 22.3 Å². The number of aliphatic hydroxyl groups excluding tert-OH is 1. The number of benzene rings is 4. The molecule has 188 valence electrons.